The highest BCUT2D eigenvalue weighted by molar-refractivity contribution is 5.80. The Kier molecular flexibility index (Phi) is 5.58. The van der Waals surface area contributed by atoms with Crippen LogP contribution in [0.25, 0.3) is 16.6 Å². The quantitative estimate of drug-likeness (QED) is 0.416. The van der Waals surface area contributed by atoms with Crippen LogP contribution in [0.1, 0.15) is 49.5 Å². The van der Waals surface area contributed by atoms with Gasteiger partial charge in [0.15, 0.2) is 0 Å². The fourth-order valence-electron chi connectivity index (χ4n) is 4.47. The minimum atomic E-state index is -0.116. The molecule has 0 radical (unpaired) electrons. The lowest BCUT2D eigenvalue weighted by Gasteiger charge is -2.22. The van der Waals surface area contributed by atoms with E-state index in [0.29, 0.717) is 5.39 Å². The Bertz CT molecular complexity index is 1310. The molecular formula is C26H26N4O2. The minimum absolute atomic E-state index is 0.116. The fraction of sp³-hybridized carbons (Fsp3) is 0.269. The van der Waals surface area contributed by atoms with Crippen LogP contribution < -0.4 is 10.3 Å². The van der Waals surface area contributed by atoms with Gasteiger partial charge in [-0.15, -0.1) is 0 Å². The molecule has 0 spiro atoms. The SMILES string of the molecule is COc1ccc(-n2cccc2C=Nn2c(C3CCCCC3)nc3ccccc3c2=O)cc1. The van der Waals surface area contributed by atoms with E-state index < -0.39 is 0 Å². The van der Waals surface area contributed by atoms with Crippen LogP contribution in [0.15, 0.2) is 76.8 Å². The van der Waals surface area contributed by atoms with Crippen LogP contribution in [0.2, 0.25) is 0 Å². The number of hydrogen-bond acceptors (Lipinski definition) is 4. The number of hydrogen-bond donors (Lipinski definition) is 0. The van der Waals surface area contributed by atoms with Crippen LogP contribution in [0.5, 0.6) is 5.75 Å². The smallest absolute Gasteiger partial charge is 0.282 e. The van der Waals surface area contributed by atoms with Gasteiger partial charge in [-0.1, -0.05) is 31.4 Å². The molecule has 0 amide bonds. The van der Waals surface area contributed by atoms with Crippen molar-refractivity contribution in [1.29, 1.82) is 0 Å². The van der Waals surface area contributed by atoms with E-state index >= 15 is 0 Å². The molecule has 1 fully saturated rings. The number of benzene rings is 2. The molecule has 32 heavy (non-hydrogen) atoms. The van der Waals surface area contributed by atoms with Crippen molar-refractivity contribution in [3.63, 3.8) is 0 Å². The van der Waals surface area contributed by atoms with Gasteiger partial charge in [0.2, 0.25) is 0 Å². The summed E-state index contributed by atoms with van der Waals surface area (Å²) in [5.74, 6) is 1.83. The zero-order valence-electron chi connectivity index (χ0n) is 18.1. The second-order valence-electron chi connectivity index (χ2n) is 8.18. The number of aromatic nitrogens is 3. The van der Waals surface area contributed by atoms with E-state index in [-0.39, 0.29) is 11.5 Å². The summed E-state index contributed by atoms with van der Waals surface area (Å²) in [7, 11) is 1.65. The molecule has 6 nitrogen and oxygen atoms in total. The van der Waals surface area contributed by atoms with Crippen LogP contribution in [0, 0.1) is 0 Å². The number of rotatable bonds is 5. The predicted molar refractivity (Wildman–Crippen MR) is 127 cm³/mol. The first-order valence-electron chi connectivity index (χ1n) is 11.1. The van der Waals surface area contributed by atoms with E-state index in [1.54, 1.807) is 13.3 Å². The average molecular weight is 427 g/mol. The lowest BCUT2D eigenvalue weighted by Crippen LogP contribution is -2.25. The van der Waals surface area contributed by atoms with Crippen LogP contribution in [0.4, 0.5) is 0 Å². The summed E-state index contributed by atoms with van der Waals surface area (Å²) in [5, 5.41) is 5.26. The van der Waals surface area contributed by atoms with Gasteiger partial charge in [-0.2, -0.15) is 9.78 Å². The molecule has 0 bridgehead atoms. The third-order valence-corrected chi connectivity index (χ3v) is 6.19. The maximum atomic E-state index is 13.4. The van der Waals surface area contributed by atoms with Crippen molar-refractivity contribution in [3.8, 4) is 11.4 Å². The molecule has 0 atom stereocenters. The van der Waals surface area contributed by atoms with Crippen LogP contribution in [0.3, 0.4) is 0 Å². The van der Waals surface area contributed by atoms with Gasteiger partial charge >= 0.3 is 0 Å². The van der Waals surface area contributed by atoms with Crippen molar-refractivity contribution in [2.45, 2.75) is 38.0 Å². The molecule has 1 aliphatic rings. The van der Waals surface area contributed by atoms with Crippen LogP contribution in [-0.4, -0.2) is 27.6 Å². The number of nitrogens with zero attached hydrogens (tertiary/aromatic N) is 4. The van der Waals surface area contributed by atoms with Gasteiger partial charge in [-0.3, -0.25) is 4.79 Å². The van der Waals surface area contributed by atoms with Crippen molar-refractivity contribution < 1.29 is 4.74 Å². The molecular weight excluding hydrogens is 400 g/mol. The molecule has 1 saturated carbocycles. The molecule has 2 aromatic carbocycles. The monoisotopic (exact) mass is 426 g/mol. The highest BCUT2D eigenvalue weighted by atomic mass is 16.5. The van der Waals surface area contributed by atoms with Gasteiger partial charge in [0.1, 0.15) is 11.6 Å². The summed E-state index contributed by atoms with van der Waals surface area (Å²) in [6, 6.07) is 19.3. The molecule has 162 valence electrons. The highest BCUT2D eigenvalue weighted by Gasteiger charge is 2.22. The van der Waals surface area contributed by atoms with Gasteiger partial charge in [-0.25, -0.2) is 4.98 Å². The normalized spacial score (nSPS) is 14.9. The first kappa shape index (κ1) is 20.2. The van der Waals surface area contributed by atoms with Crippen molar-refractivity contribution >= 4 is 17.1 Å². The number of ether oxygens (including phenoxy) is 1. The Labute approximate surface area is 186 Å². The minimum Gasteiger partial charge on any atom is -0.497 e. The summed E-state index contributed by atoms with van der Waals surface area (Å²) in [6.45, 7) is 0. The Morgan fingerprint density at radius 1 is 1.00 bits per heavy atom. The molecule has 5 rings (SSSR count). The second kappa shape index (κ2) is 8.83. The van der Waals surface area contributed by atoms with E-state index in [1.165, 1.54) is 11.1 Å². The molecule has 1 aliphatic carbocycles. The summed E-state index contributed by atoms with van der Waals surface area (Å²) in [6.07, 6.45) is 9.38. The zero-order valence-corrected chi connectivity index (χ0v) is 18.1. The Morgan fingerprint density at radius 3 is 2.56 bits per heavy atom. The standard InChI is InChI=1S/C26H26N4O2/c1-32-22-15-13-20(14-16-22)29-17-7-10-21(29)18-27-30-25(19-8-3-2-4-9-19)28-24-12-6-5-11-23(24)26(30)31/h5-7,10-19H,2-4,8-9H2,1H3. The molecule has 0 aliphatic heterocycles. The molecule has 2 heterocycles. The molecule has 2 aromatic heterocycles. The summed E-state index contributed by atoms with van der Waals surface area (Å²) in [4.78, 5) is 18.3. The summed E-state index contributed by atoms with van der Waals surface area (Å²) in [5.41, 5.74) is 2.50. The topological polar surface area (TPSA) is 61.4 Å². The number of para-hydroxylation sites is 1. The van der Waals surface area contributed by atoms with Crippen LogP contribution in [-0.2, 0) is 0 Å². The van der Waals surface area contributed by atoms with Crippen molar-refractivity contribution in [3.05, 3.63) is 88.7 Å². The molecule has 0 unspecified atom stereocenters. The van der Waals surface area contributed by atoms with Gasteiger partial charge in [0, 0.05) is 17.8 Å². The Balaban J connectivity index is 1.57. The van der Waals surface area contributed by atoms with Gasteiger partial charge in [-0.05, 0) is 61.4 Å². The summed E-state index contributed by atoms with van der Waals surface area (Å²) < 4.78 is 8.81. The highest BCUT2D eigenvalue weighted by Crippen LogP contribution is 2.31. The molecule has 4 aromatic rings. The van der Waals surface area contributed by atoms with E-state index in [2.05, 4.69) is 5.10 Å². The van der Waals surface area contributed by atoms with Crippen molar-refractivity contribution in [2.75, 3.05) is 7.11 Å². The van der Waals surface area contributed by atoms with E-state index in [4.69, 9.17) is 9.72 Å². The third kappa shape index (κ3) is 3.84. The maximum Gasteiger partial charge on any atom is 0.282 e. The average Bonchev–Trinajstić information content (AvgIpc) is 3.32. The lowest BCUT2D eigenvalue weighted by molar-refractivity contribution is 0.414. The van der Waals surface area contributed by atoms with Gasteiger partial charge < -0.3 is 9.30 Å². The molecule has 6 heteroatoms. The number of fused-ring (bicyclic) bond motifs is 1. The Hall–Kier alpha value is -3.67. The largest absolute Gasteiger partial charge is 0.497 e. The first-order valence-corrected chi connectivity index (χ1v) is 11.1. The first-order chi connectivity index (χ1) is 15.7. The van der Waals surface area contributed by atoms with Crippen molar-refractivity contribution in [1.82, 2.24) is 14.2 Å². The second-order valence-corrected chi connectivity index (χ2v) is 8.18. The molecule has 0 N–H and O–H groups in total. The summed E-state index contributed by atoms with van der Waals surface area (Å²) >= 11 is 0. The van der Waals surface area contributed by atoms with Crippen LogP contribution >= 0.6 is 0 Å². The van der Waals surface area contributed by atoms with E-state index in [9.17, 15) is 4.79 Å². The zero-order chi connectivity index (χ0) is 21.9. The number of methoxy groups -OCH3 is 1. The Morgan fingerprint density at radius 2 is 1.78 bits per heavy atom. The van der Waals surface area contributed by atoms with E-state index in [0.717, 1.165) is 54.2 Å². The van der Waals surface area contributed by atoms with Gasteiger partial charge in [0.25, 0.3) is 5.56 Å². The van der Waals surface area contributed by atoms with Crippen molar-refractivity contribution in [2.24, 2.45) is 5.10 Å². The fourth-order valence-corrected chi connectivity index (χ4v) is 4.47. The predicted octanol–water partition coefficient (Wildman–Crippen LogP) is 5.13. The lowest BCUT2D eigenvalue weighted by atomic mass is 9.88. The molecule has 0 saturated heterocycles. The third-order valence-electron chi connectivity index (χ3n) is 6.19. The van der Waals surface area contributed by atoms with E-state index in [1.807, 2.05) is 71.4 Å². The van der Waals surface area contributed by atoms with Gasteiger partial charge in [0.05, 0.1) is 29.9 Å². The maximum absolute atomic E-state index is 13.4.